The second-order valence-electron chi connectivity index (χ2n) is 4.04. The number of carbonyl (C=O) groups is 2. The molecule has 2 amide bonds. The minimum atomic E-state index is -0.676. The normalized spacial score (nSPS) is 19.0. The van der Waals surface area contributed by atoms with Crippen LogP contribution in [0, 0.1) is 10.1 Å². The number of nitrogens with zero attached hydrogens (tertiary/aromatic N) is 2. The summed E-state index contributed by atoms with van der Waals surface area (Å²) < 4.78 is 0. The van der Waals surface area contributed by atoms with Crippen LogP contribution in [0.3, 0.4) is 0 Å². The number of nitrogens with one attached hydrogen (secondary N) is 1. The van der Waals surface area contributed by atoms with E-state index < -0.39 is 22.8 Å². The Balaban J connectivity index is 2.66. The zero-order chi connectivity index (χ0) is 13.4. The molecule has 0 aromatic heterocycles. The van der Waals surface area contributed by atoms with Crippen LogP contribution in [-0.2, 0) is 4.79 Å². The second kappa shape index (κ2) is 4.10. The van der Waals surface area contributed by atoms with Gasteiger partial charge in [-0.1, -0.05) is 6.07 Å². The highest BCUT2D eigenvalue weighted by Crippen LogP contribution is 2.31. The monoisotopic (exact) mass is 249 g/mol. The van der Waals surface area contributed by atoms with Crippen LogP contribution in [-0.4, -0.2) is 34.7 Å². The van der Waals surface area contributed by atoms with Crippen LogP contribution >= 0.6 is 0 Å². The third-order valence-corrected chi connectivity index (χ3v) is 3.00. The van der Waals surface area contributed by atoms with Crippen molar-refractivity contribution in [3.05, 3.63) is 33.9 Å². The van der Waals surface area contributed by atoms with Gasteiger partial charge in [0.2, 0.25) is 5.91 Å². The number of fused-ring (bicyclic) bond motifs is 1. The SMILES string of the molecule is CC1C(=O)Nc2c(cccc2[N+](=O)[O-])C(=O)N1C. The van der Waals surface area contributed by atoms with Gasteiger partial charge in [0.25, 0.3) is 11.6 Å². The van der Waals surface area contributed by atoms with E-state index in [-0.39, 0.29) is 16.9 Å². The van der Waals surface area contributed by atoms with Crippen molar-refractivity contribution in [1.82, 2.24) is 4.90 Å². The molecule has 1 unspecified atom stereocenters. The van der Waals surface area contributed by atoms with Crippen molar-refractivity contribution < 1.29 is 14.5 Å². The smallest absolute Gasteiger partial charge is 0.293 e. The van der Waals surface area contributed by atoms with Crippen LogP contribution in [0.4, 0.5) is 11.4 Å². The van der Waals surface area contributed by atoms with Crippen molar-refractivity contribution in [3.8, 4) is 0 Å². The molecule has 0 saturated heterocycles. The Morgan fingerprint density at radius 2 is 2.06 bits per heavy atom. The van der Waals surface area contributed by atoms with Crippen molar-refractivity contribution >= 4 is 23.2 Å². The Morgan fingerprint density at radius 1 is 1.39 bits per heavy atom. The largest absolute Gasteiger partial charge is 0.330 e. The standard InChI is InChI=1S/C11H11N3O4/c1-6-10(15)12-9-7(11(16)13(6)2)4-3-5-8(9)14(17)18/h3-6H,1-2H3,(H,12,15). The molecule has 0 fully saturated rings. The van der Waals surface area contributed by atoms with E-state index in [1.165, 1.54) is 30.1 Å². The Morgan fingerprint density at radius 3 is 2.67 bits per heavy atom. The van der Waals surface area contributed by atoms with Crippen LogP contribution in [0.5, 0.6) is 0 Å². The van der Waals surface area contributed by atoms with Crippen LogP contribution in [0.25, 0.3) is 0 Å². The molecule has 0 saturated carbocycles. The average molecular weight is 249 g/mol. The number of anilines is 1. The number of likely N-dealkylation sites (N-methyl/N-ethyl adjacent to an activating group) is 1. The molecule has 1 N–H and O–H groups in total. The molecule has 0 bridgehead atoms. The third-order valence-electron chi connectivity index (χ3n) is 3.00. The van der Waals surface area contributed by atoms with Gasteiger partial charge in [0.1, 0.15) is 11.7 Å². The molecule has 7 heteroatoms. The van der Waals surface area contributed by atoms with Gasteiger partial charge >= 0.3 is 0 Å². The van der Waals surface area contributed by atoms with E-state index in [0.717, 1.165) is 0 Å². The van der Waals surface area contributed by atoms with Crippen molar-refractivity contribution in [2.24, 2.45) is 0 Å². The highest BCUT2D eigenvalue weighted by Gasteiger charge is 2.33. The first-order chi connectivity index (χ1) is 8.43. The van der Waals surface area contributed by atoms with Crippen LogP contribution in [0.15, 0.2) is 18.2 Å². The van der Waals surface area contributed by atoms with Gasteiger partial charge in [-0.25, -0.2) is 0 Å². The molecule has 1 aromatic carbocycles. The van der Waals surface area contributed by atoms with Crippen molar-refractivity contribution in [2.45, 2.75) is 13.0 Å². The number of hydrogen-bond acceptors (Lipinski definition) is 4. The number of benzene rings is 1. The highest BCUT2D eigenvalue weighted by atomic mass is 16.6. The van der Waals surface area contributed by atoms with Crippen molar-refractivity contribution in [1.29, 1.82) is 0 Å². The van der Waals surface area contributed by atoms with Gasteiger partial charge in [0.05, 0.1) is 10.5 Å². The molecule has 1 aliphatic rings. The molecule has 0 spiro atoms. The molecule has 94 valence electrons. The van der Waals surface area contributed by atoms with Gasteiger partial charge in [0.15, 0.2) is 0 Å². The molecule has 18 heavy (non-hydrogen) atoms. The van der Waals surface area contributed by atoms with Crippen molar-refractivity contribution in [2.75, 3.05) is 12.4 Å². The Kier molecular flexibility index (Phi) is 2.74. The maximum atomic E-state index is 12.1. The Hall–Kier alpha value is -2.44. The second-order valence-corrected chi connectivity index (χ2v) is 4.04. The summed E-state index contributed by atoms with van der Waals surface area (Å²) in [6, 6.07) is 3.46. The lowest BCUT2D eigenvalue weighted by atomic mass is 10.1. The molecule has 1 heterocycles. The van der Waals surface area contributed by atoms with E-state index in [1.807, 2.05) is 0 Å². The lowest BCUT2D eigenvalue weighted by molar-refractivity contribution is -0.383. The number of hydrogen-bond donors (Lipinski definition) is 1. The van der Waals surface area contributed by atoms with Gasteiger partial charge in [-0.2, -0.15) is 0 Å². The summed E-state index contributed by atoms with van der Waals surface area (Å²) in [4.78, 5) is 35.4. The maximum Gasteiger partial charge on any atom is 0.293 e. The number of amides is 2. The number of carbonyl (C=O) groups excluding carboxylic acids is 2. The van der Waals surface area contributed by atoms with Gasteiger partial charge in [-0.3, -0.25) is 19.7 Å². The molecular formula is C11H11N3O4. The summed E-state index contributed by atoms with van der Waals surface area (Å²) >= 11 is 0. The van der Waals surface area contributed by atoms with E-state index in [2.05, 4.69) is 5.32 Å². The van der Waals surface area contributed by atoms with Gasteiger partial charge in [0, 0.05) is 13.1 Å². The van der Waals surface area contributed by atoms with Crippen LogP contribution < -0.4 is 5.32 Å². The topological polar surface area (TPSA) is 92.5 Å². The van der Waals surface area contributed by atoms with E-state index in [9.17, 15) is 19.7 Å². The molecule has 2 rings (SSSR count). The van der Waals surface area contributed by atoms with Gasteiger partial charge in [-0.15, -0.1) is 0 Å². The molecule has 1 aliphatic heterocycles. The zero-order valence-electron chi connectivity index (χ0n) is 9.84. The van der Waals surface area contributed by atoms with Crippen LogP contribution in [0.1, 0.15) is 17.3 Å². The third kappa shape index (κ3) is 1.69. The van der Waals surface area contributed by atoms with Gasteiger partial charge < -0.3 is 10.2 Å². The first kappa shape index (κ1) is 12.0. The zero-order valence-corrected chi connectivity index (χ0v) is 9.84. The summed E-state index contributed by atoms with van der Waals surface area (Å²) in [6.07, 6.45) is 0. The molecule has 1 atom stereocenters. The van der Waals surface area contributed by atoms with Crippen LogP contribution in [0.2, 0.25) is 0 Å². The molecule has 0 aliphatic carbocycles. The molecular weight excluding hydrogens is 238 g/mol. The van der Waals surface area contributed by atoms with E-state index in [4.69, 9.17) is 0 Å². The minimum absolute atomic E-state index is 0.0336. The fourth-order valence-corrected chi connectivity index (χ4v) is 1.77. The van der Waals surface area contributed by atoms with E-state index >= 15 is 0 Å². The average Bonchev–Trinajstić information content (AvgIpc) is 2.42. The quantitative estimate of drug-likeness (QED) is 0.593. The van der Waals surface area contributed by atoms with Crippen molar-refractivity contribution in [3.63, 3.8) is 0 Å². The minimum Gasteiger partial charge on any atom is -0.330 e. The predicted octanol–water partition coefficient (Wildman–Crippen LogP) is 1.01. The number of rotatable bonds is 1. The summed E-state index contributed by atoms with van der Waals surface area (Å²) in [6.45, 7) is 1.56. The Labute approximate surface area is 103 Å². The lowest BCUT2D eigenvalue weighted by Crippen LogP contribution is -2.40. The predicted molar refractivity (Wildman–Crippen MR) is 63.3 cm³/mol. The number of nitro benzene ring substituents is 1. The summed E-state index contributed by atoms with van der Waals surface area (Å²) in [5.74, 6) is -0.863. The fraction of sp³-hybridized carbons (Fsp3) is 0.273. The summed E-state index contributed by atoms with van der Waals surface area (Å²) in [7, 11) is 1.49. The summed E-state index contributed by atoms with van der Waals surface area (Å²) in [5.41, 5.74) is -0.185. The van der Waals surface area contributed by atoms with Gasteiger partial charge in [-0.05, 0) is 13.0 Å². The number of para-hydroxylation sites is 1. The first-order valence-corrected chi connectivity index (χ1v) is 5.29. The molecule has 7 nitrogen and oxygen atoms in total. The van der Waals surface area contributed by atoms with E-state index in [1.54, 1.807) is 6.92 Å². The number of nitro groups is 1. The highest BCUT2D eigenvalue weighted by molar-refractivity contribution is 6.11. The van der Waals surface area contributed by atoms with E-state index in [0.29, 0.717) is 0 Å². The first-order valence-electron chi connectivity index (χ1n) is 5.29. The Bertz CT molecular complexity index is 555. The summed E-state index contributed by atoms with van der Waals surface area (Å²) in [5, 5.41) is 13.3. The fourth-order valence-electron chi connectivity index (χ4n) is 1.77. The lowest BCUT2D eigenvalue weighted by Gasteiger charge is -2.19. The molecule has 1 aromatic rings. The maximum absolute atomic E-state index is 12.1. The molecule has 0 radical (unpaired) electrons.